The van der Waals surface area contributed by atoms with Crippen molar-refractivity contribution in [1.29, 1.82) is 0 Å². The number of anilines is 2. The van der Waals surface area contributed by atoms with Crippen LogP contribution in [0.2, 0.25) is 0 Å². The minimum atomic E-state index is -0.146. The first kappa shape index (κ1) is 19.6. The van der Waals surface area contributed by atoms with Gasteiger partial charge in [0.2, 0.25) is 0 Å². The Labute approximate surface area is 174 Å². The monoisotopic (exact) mass is 405 g/mol. The molecule has 1 aliphatic rings. The average Bonchev–Trinajstić information content (AvgIpc) is 3.34. The Hall–Kier alpha value is -3.74. The third-order valence-electron chi connectivity index (χ3n) is 4.93. The SMILES string of the molecule is O=C(COc1ccc(Nc2ccccc2)cc1)N1CCN(C(=O)c2ccco2)CC1. The summed E-state index contributed by atoms with van der Waals surface area (Å²) in [5.41, 5.74) is 1.95. The van der Waals surface area contributed by atoms with E-state index in [9.17, 15) is 9.59 Å². The highest BCUT2D eigenvalue weighted by Crippen LogP contribution is 2.20. The molecule has 2 aromatic carbocycles. The van der Waals surface area contributed by atoms with Crippen LogP contribution in [0.5, 0.6) is 5.75 Å². The van der Waals surface area contributed by atoms with Gasteiger partial charge in [-0.25, -0.2) is 0 Å². The number of furan rings is 1. The molecule has 1 saturated heterocycles. The topological polar surface area (TPSA) is 75.0 Å². The standard InChI is InChI=1S/C23H23N3O4/c27-22(25-12-14-26(15-13-25)23(28)21-7-4-16-29-21)17-30-20-10-8-19(9-11-20)24-18-5-2-1-3-6-18/h1-11,16,24H,12-15,17H2. The van der Waals surface area contributed by atoms with Crippen molar-refractivity contribution in [1.82, 2.24) is 9.80 Å². The van der Waals surface area contributed by atoms with Crippen molar-refractivity contribution >= 4 is 23.2 Å². The highest BCUT2D eigenvalue weighted by molar-refractivity contribution is 5.91. The zero-order valence-electron chi connectivity index (χ0n) is 16.5. The van der Waals surface area contributed by atoms with Gasteiger partial charge in [0.05, 0.1) is 6.26 Å². The zero-order valence-corrected chi connectivity index (χ0v) is 16.5. The fraction of sp³-hybridized carbons (Fsp3) is 0.217. The van der Waals surface area contributed by atoms with Crippen molar-refractivity contribution in [3.63, 3.8) is 0 Å². The molecule has 0 spiro atoms. The van der Waals surface area contributed by atoms with Gasteiger partial charge in [0, 0.05) is 37.6 Å². The fourth-order valence-electron chi connectivity index (χ4n) is 3.27. The first-order valence-electron chi connectivity index (χ1n) is 9.84. The molecule has 0 radical (unpaired) electrons. The summed E-state index contributed by atoms with van der Waals surface area (Å²) in [6, 6.07) is 20.7. The lowest BCUT2D eigenvalue weighted by Gasteiger charge is -2.34. The van der Waals surface area contributed by atoms with Crippen molar-refractivity contribution in [3.8, 4) is 5.75 Å². The molecule has 1 aliphatic heterocycles. The molecule has 7 heteroatoms. The van der Waals surface area contributed by atoms with Crippen LogP contribution in [0.15, 0.2) is 77.4 Å². The van der Waals surface area contributed by atoms with E-state index in [1.807, 2.05) is 54.6 Å². The molecule has 2 amide bonds. The van der Waals surface area contributed by atoms with Crippen LogP contribution < -0.4 is 10.1 Å². The molecule has 3 aromatic rings. The van der Waals surface area contributed by atoms with Gasteiger partial charge in [-0.15, -0.1) is 0 Å². The summed E-state index contributed by atoms with van der Waals surface area (Å²) >= 11 is 0. The largest absolute Gasteiger partial charge is 0.484 e. The maximum Gasteiger partial charge on any atom is 0.289 e. The zero-order chi connectivity index (χ0) is 20.8. The smallest absolute Gasteiger partial charge is 0.289 e. The van der Waals surface area contributed by atoms with Crippen molar-refractivity contribution in [2.75, 3.05) is 38.1 Å². The molecule has 0 atom stereocenters. The Kier molecular flexibility index (Phi) is 5.98. The number of nitrogens with one attached hydrogen (secondary N) is 1. The molecule has 0 bridgehead atoms. The lowest BCUT2D eigenvalue weighted by Crippen LogP contribution is -2.51. The van der Waals surface area contributed by atoms with Gasteiger partial charge in [-0.3, -0.25) is 9.59 Å². The molecule has 1 N–H and O–H groups in total. The van der Waals surface area contributed by atoms with E-state index < -0.39 is 0 Å². The van der Waals surface area contributed by atoms with Crippen LogP contribution in [-0.2, 0) is 4.79 Å². The van der Waals surface area contributed by atoms with Crippen LogP contribution in [-0.4, -0.2) is 54.4 Å². The number of nitrogens with zero attached hydrogens (tertiary/aromatic N) is 2. The first-order valence-corrected chi connectivity index (χ1v) is 9.84. The van der Waals surface area contributed by atoms with Crippen LogP contribution in [0.25, 0.3) is 0 Å². The van der Waals surface area contributed by atoms with Crippen LogP contribution in [0.4, 0.5) is 11.4 Å². The molecule has 0 aliphatic carbocycles. The number of amides is 2. The molecule has 0 saturated carbocycles. The second kappa shape index (κ2) is 9.17. The summed E-state index contributed by atoms with van der Waals surface area (Å²) < 4.78 is 10.8. The molecule has 1 fully saturated rings. The molecule has 4 rings (SSSR count). The Balaban J connectivity index is 1.22. The van der Waals surface area contributed by atoms with Gasteiger partial charge in [0.1, 0.15) is 5.75 Å². The number of carbonyl (C=O) groups is 2. The molecule has 0 unspecified atom stereocenters. The lowest BCUT2D eigenvalue weighted by atomic mass is 10.2. The summed E-state index contributed by atoms with van der Waals surface area (Å²) in [6.45, 7) is 1.89. The van der Waals surface area contributed by atoms with Gasteiger partial charge < -0.3 is 24.3 Å². The highest BCUT2D eigenvalue weighted by atomic mass is 16.5. The first-order chi connectivity index (χ1) is 14.7. The molecule has 7 nitrogen and oxygen atoms in total. The van der Waals surface area contributed by atoms with E-state index in [0.717, 1.165) is 11.4 Å². The number of ether oxygens (including phenoxy) is 1. The van der Waals surface area contributed by atoms with Crippen LogP contribution in [0, 0.1) is 0 Å². The summed E-state index contributed by atoms with van der Waals surface area (Å²) in [5, 5.41) is 3.30. The van der Waals surface area contributed by atoms with Gasteiger partial charge in [0.25, 0.3) is 11.8 Å². The van der Waals surface area contributed by atoms with Crippen LogP contribution in [0.3, 0.4) is 0 Å². The average molecular weight is 405 g/mol. The van der Waals surface area contributed by atoms with Gasteiger partial charge in [-0.05, 0) is 48.5 Å². The molecule has 2 heterocycles. The van der Waals surface area contributed by atoms with Gasteiger partial charge in [-0.2, -0.15) is 0 Å². The Morgan fingerprint density at radius 1 is 0.833 bits per heavy atom. The minimum Gasteiger partial charge on any atom is -0.484 e. The third kappa shape index (κ3) is 4.81. The summed E-state index contributed by atoms with van der Waals surface area (Å²) in [7, 11) is 0. The number of piperazine rings is 1. The molecule has 30 heavy (non-hydrogen) atoms. The molecular formula is C23H23N3O4. The van der Waals surface area contributed by atoms with E-state index >= 15 is 0 Å². The number of rotatable bonds is 6. The maximum absolute atomic E-state index is 12.5. The summed E-state index contributed by atoms with van der Waals surface area (Å²) in [5.74, 6) is 0.719. The van der Waals surface area contributed by atoms with Crippen molar-refractivity contribution in [3.05, 3.63) is 78.8 Å². The van der Waals surface area contributed by atoms with E-state index in [4.69, 9.17) is 9.15 Å². The number of benzene rings is 2. The fourth-order valence-corrected chi connectivity index (χ4v) is 3.27. The predicted molar refractivity (Wildman–Crippen MR) is 113 cm³/mol. The van der Waals surface area contributed by atoms with Gasteiger partial charge >= 0.3 is 0 Å². The van der Waals surface area contributed by atoms with E-state index in [2.05, 4.69) is 5.32 Å². The second-order valence-electron chi connectivity index (χ2n) is 6.95. The van der Waals surface area contributed by atoms with Crippen LogP contribution in [0.1, 0.15) is 10.6 Å². The summed E-state index contributed by atoms with van der Waals surface area (Å²) in [6.07, 6.45) is 1.48. The second-order valence-corrected chi connectivity index (χ2v) is 6.95. The maximum atomic E-state index is 12.5. The van der Waals surface area contributed by atoms with Crippen molar-refractivity contribution in [2.24, 2.45) is 0 Å². The van der Waals surface area contributed by atoms with Gasteiger partial charge in [0.15, 0.2) is 12.4 Å². The Morgan fingerprint density at radius 3 is 2.17 bits per heavy atom. The summed E-state index contributed by atoms with van der Waals surface area (Å²) in [4.78, 5) is 28.2. The van der Waals surface area contributed by atoms with E-state index in [1.54, 1.807) is 21.9 Å². The number of hydrogen-bond donors (Lipinski definition) is 1. The Bertz CT molecular complexity index is 963. The van der Waals surface area contributed by atoms with Crippen molar-refractivity contribution < 1.29 is 18.7 Å². The quantitative estimate of drug-likeness (QED) is 0.680. The lowest BCUT2D eigenvalue weighted by molar-refractivity contribution is -0.134. The molecular weight excluding hydrogens is 382 g/mol. The van der Waals surface area contributed by atoms with Gasteiger partial charge in [-0.1, -0.05) is 18.2 Å². The van der Waals surface area contributed by atoms with E-state index in [-0.39, 0.29) is 18.4 Å². The minimum absolute atomic E-state index is 0.0302. The van der Waals surface area contributed by atoms with Crippen LogP contribution >= 0.6 is 0 Å². The number of carbonyl (C=O) groups excluding carboxylic acids is 2. The predicted octanol–water partition coefficient (Wildman–Crippen LogP) is 3.39. The van der Waals surface area contributed by atoms with E-state index in [1.165, 1.54) is 6.26 Å². The number of hydrogen-bond acceptors (Lipinski definition) is 5. The highest BCUT2D eigenvalue weighted by Gasteiger charge is 2.26. The van der Waals surface area contributed by atoms with Crippen molar-refractivity contribution in [2.45, 2.75) is 0 Å². The Morgan fingerprint density at radius 2 is 1.50 bits per heavy atom. The van der Waals surface area contributed by atoms with E-state index in [0.29, 0.717) is 37.7 Å². The number of para-hydroxylation sites is 1. The normalized spacial score (nSPS) is 13.7. The molecule has 154 valence electrons. The molecule has 1 aromatic heterocycles. The third-order valence-corrected chi connectivity index (χ3v) is 4.93.